The van der Waals surface area contributed by atoms with Gasteiger partial charge in [-0.15, -0.1) is 0 Å². The second-order valence-electron chi connectivity index (χ2n) is 7.24. The Bertz CT molecular complexity index is 1140. The van der Waals surface area contributed by atoms with Gasteiger partial charge in [-0.25, -0.2) is 8.42 Å². The van der Waals surface area contributed by atoms with Gasteiger partial charge in [0.2, 0.25) is 15.9 Å². The van der Waals surface area contributed by atoms with E-state index in [0.29, 0.717) is 29.3 Å². The molecule has 0 fully saturated rings. The van der Waals surface area contributed by atoms with Crippen molar-refractivity contribution in [3.05, 3.63) is 29.5 Å². The maximum Gasteiger partial charge on any atom is 0.323 e. The summed E-state index contributed by atoms with van der Waals surface area (Å²) < 4.78 is 25.8. The molecule has 180 valence electrons. The normalized spacial score (nSPS) is 12.3. The number of amidine groups is 1. The summed E-state index contributed by atoms with van der Waals surface area (Å²) in [6.45, 7) is 1.32. The van der Waals surface area contributed by atoms with E-state index in [9.17, 15) is 27.9 Å². The summed E-state index contributed by atoms with van der Waals surface area (Å²) in [5.74, 6) is -2.83. The maximum atomic E-state index is 12.4. The highest BCUT2D eigenvalue weighted by Crippen LogP contribution is 2.17. The van der Waals surface area contributed by atoms with Gasteiger partial charge in [0, 0.05) is 30.5 Å². The third-order valence-electron chi connectivity index (χ3n) is 4.62. The van der Waals surface area contributed by atoms with Crippen LogP contribution in [0.5, 0.6) is 0 Å². The number of carboxylic acids is 1. The molecule has 1 atom stereocenters. The zero-order chi connectivity index (χ0) is 24.6. The van der Waals surface area contributed by atoms with E-state index >= 15 is 0 Å². The van der Waals surface area contributed by atoms with E-state index in [-0.39, 0.29) is 30.2 Å². The van der Waals surface area contributed by atoms with E-state index in [2.05, 4.69) is 25.6 Å². The predicted octanol–water partition coefficient (Wildman–Crippen LogP) is -0.744. The Balaban J connectivity index is 1.84. The second-order valence-corrected chi connectivity index (χ2v) is 9.11. The van der Waals surface area contributed by atoms with Crippen molar-refractivity contribution in [3.63, 3.8) is 0 Å². The number of nitrogens with two attached hydrogens (primary N) is 1. The van der Waals surface area contributed by atoms with Crippen molar-refractivity contribution >= 4 is 44.5 Å². The van der Waals surface area contributed by atoms with Crippen LogP contribution in [-0.2, 0) is 19.6 Å². The van der Waals surface area contributed by atoms with E-state index < -0.39 is 40.4 Å². The number of carboxylic acid groups (broad SMARTS) is 1. The summed E-state index contributed by atoms with van der Waals surface area (Å²) in [7, 11) is -3.78. The molecule has 0 aliphatic carbocycles. The number of nitrogen functional groups attached to an aromatic ring is 1. The molecule has 0 radical (unpaired) electrons. The molecule has 1 heterocycles. The Kier molecular flexibility index (Phi) is 8.87. The van der Waals surface area contributed by atoms with Crippen molar-refractivity contribution in [2.45, 2.75) is 32.2 Å². The molecule has 0 bridgehead atoms. The lowest BCUT2D eigenvalue weighted by atomic mass is 10.1. The molecule has 0 saturated heterocycles. The number of benzene rings is 1. The molecule has 33 heavy (non-hydrogen) atoms. The number of fused-ring (bicyclic) bond motifs is 1. The van der Waals surface area contributed by atoms with Gasteiger partial charge >= 0.3 is 5.97 Å². The molecule has 2 aromatic rings. The topological polar surface area (TPSA) is 220 Å². The first-order valence-electron chi connectivity index (χ1n) is 10.1. The second kappa shape index (κ2) is 11.4. The number of aromatic nitrogens is 2. The zero-order valence-corrected chi connectivity index (χ0v) is 18.8. The van der Waals surface area contributed by atoms with Crippen molar-refractivity contribution in [2.75, 3.05) is 18.8 Å². The standard InChI is InChI=1S/C19H27N7O6S/c1-2-3-8-33(31,32)26-14(19(29)30)10-23-15(27)6-7-22-18(28)16-12-5-4-11(17(20)21)9-13(12)24-25-16/h4-5,9,14,26H,2-3,6-8,10H2,1H3,(H3,20,21)(H,22,28)(H,23,27)(H,24,25)(H,29,30)/t14-/m0/s1. The van der Waals surface area contributed by atoms with Crippen LogP contribution in [0.2, 0.25) is 0 Å². The molecular weight excluding hydrogens is 454 g/mol. The molecule has 8 N–H and O–H groups in total. The lowest BCUT2D eigenvalue weighted by Gasteiger charge is -2.15. The molecule has 0 unspecified atom stereocenters. The highest BCUT2D eigenvalue weighted by molar-refractivity contribution is 7.89. The van der Waals surface area contributed by atoms with Crippen molar-refractivity contribution in [1.82, 2.24) is 25.6 Å². The number of carbonyl (C=O) groups is 3. The summed E-state index contributed by atoms with van der Waals surface area (Å²) in [6, 6.07) is 3.27. The molecule has 2 rings (SSSR count). The number of H-pyrrole nitrogens is 1. The largest absolute Gasteiger partial charge is 0.480 e. The van der Waals surface area contributed by atoms with Gasteiger partial charge in [-0.3, -0.25) is 24.9 Å². The summed E-state index contributed by atoms with van der Waals surface area (Å²) in [5.41, 5.74) is 6.54. The molecule has 0 aliphatic rings. The van der Waals surface area contributed by atoms with Crippen molar-refractivity contribution in [3.8, 4) is 0 Å². The highest BCUT2D eigenvalue weighted by Gasteiger charge is 2.24. The minimum atomic E-state index is -3.78. The molecule has 0 aliphatic heterocycles. The van der Waals surface area contributed by atoms with Gasteiger partial charge < -0.3 is 21.5 Å². The lowest BCUT2D eigenvalue weighted by Crippen LogP contribution is -2.49. The van der Waals surface area contributed by atoms with Crippen LogP contribution >= 0.6 is 0 Å². The fraction of sp³-hybridized carbons (Fsp3) is 0.421. The maximum absolute atomic E-state index is 12.4. The lowest BCUT2D eigenvalue weighted by molar-refractivity contribution is -0.138. The quantitative estimate of drug-likeness (QED) is 0.142. The van der Waals surface area contributed by atoms with Crippen LogP contribution < -0.4 is 21.1 Å². The molecule has 1 aromatic heterocycles. The minimum absolute atomic E-state index is 0.0511. The first-order valence-corrected chi connectivity index (χ1v) is 11.8. The molecular formula is C19H27N7O6S. The number of unbranched alkanes of at least 4 members (excludes halogenated alkanes) is 1. The van der Waals surface area contributed by atoms with E-state index in [1.807, 2.05) is 6.92 Å². The Morgan fingerprint density at radius 2 is 2.00 bits per heavy atom. The van der Waals surface area contributed by atoms with Crippen LogP contribution in [0.4, 0.5) is 0 Å². The zero-order valence-electron chi connectivity index (χ0n) is 18.0. The van der Waals surface area contributed by atoms with Gasteiger partial charge in [0.15, 0.2) is 5.69 Å². The number of aliphatic carboxylic acids is 1. The molecule has 0 saturated carbocycles. The SMILES string of the molecule is CCCCS(=O)(=O)N[C@@H](CNC(=O)CCNC(=O)c1n[nH]c2cc(C(=N)N)ccc12)C(=O)O. The summed E-state index contributed by atoms with van der Waals surface area (Å²) in [6.07, 6.45) is 0.864. The molecule has 14 heteroatoms. The van der Waals surface area contributed by atoms with Crippen LogP contribution in [0.25, 0.3) is 10.9 Å². The third-order valence-corrected chi connectivity index (χ3v) is 6.09. The van der Waals surface area contributed by atoms with E-state index in [1.54, 1.807) is 18.2 Å². The van der Waals surface area contributed by atoms with Gasteiger partial charge in [-0.2, -0.15) is 9.82 Å². The van der Waals surface area contributed by atoms with Crippen LogP contribution in [-0.4, -0.2) is 72.2 Å². The Morgan fingerprint density at radius 3 is 2.64 bits per heavy atom. The Hall–Kier alpha value is -3.52. The smallest absolute Gasteiger partial charge is 0.323 e. The first kappa shape index (κ1) is 25.7. The number of carbonyl (C=O) groups excluding carboxylic acids is 2. The molecule has 13 nitrogen and oxygen atoms in total. The fourth-order valence-corrected chi connectivity index (χ4v) is 4.23. The number of hydrogen-bond acceptors (Lipinski definition) is 7. The van der Waals surface area contributed by atoms with Crippen molar-refractivity contribution in [2.24, 2.45) is 5.73 Å². The Morgan fingerprint density at radius 1 is 1.27 bits per heavy atom. The average molecular weight is 482 g/mol. The van der Waals surface area contributed by atoms with Gasteiger partial charge in [0.05, 0.1) is 11.3 Å². The fourth-order valence-electron chi connectivity index (χ4n) is 2.83. The van der Waals surface area contributed by atoms with Gasteiger partial charge in [0.25, 0.3) is 5.91 Å². The van der Waals surface area contributed by atoms with Crippen molar-refractivity contribution in [1.29, 1.82) is 5.41 Å². The minimum Gasteiger partial charge on any atom is -0.480 e. The summed E-state index contributed by atoms with van der Waals surface area (Å²) >= 11 is 0. The number of aromatic amines is 1. The number of amides is 2. The Labute approximate surface area is 190 Å². The molecule has 2 amide bonds. The number of hydrogen-bond donors (Lipinski definition) is 7. The molecule has 1 aromatic carbocycles. The van der Waals surface area contributed by atoms with Gasteiger partial charge in [-0.1, -0.05) is 19.4 Å². The number of sulfonamides is 1. The highest BCUT2D eigenvalue weighted by atomic mass is 32.2. The third kappa shape index (κ3) is 7.54. The number of rotatable bonds is 13. The van der Waals surface area contributed by atoms with Gasteiger partial charge in [-0.05, 0) is 18.6 Å². The summed E-state index contributed by atoms with van der Waals surface area (Å²) in [5, 5.41) is 28.7. The van der Waals surface area contributed by atoms with Crippen LogP contribution in [0.1, 0.15) is 42.2 Å². The number of nitrogens with zero attached hydrogens (tertiary/aromatic N) is 1. The van der Waals surface area contributed by atoms with Crippen LogP contribution in [0.3, 0.4) is 0 Å². The predicted molar refractivity (Wildman–Crippen MR) is 120 cm³/mol. The molecule has 0 spiro atoms. The average Bonchev–Trinajstić information content (AvgIpc) is 3.18. The summed E-state index contributed by atoms with van der Waals surface area (Å²) in [4.78, 5) is 35.7. The van der Waals surface area contributed by atoms with E-state index in [1.165, 1.54) is 0 Å². The van der Waals surface area contributed by atoms with E-state index in [0.717, 1.165) is 0 Å². The van der Waals surface area contributed by atoms with E-state index in [4.69, 9.17) is 11.1 Å². The van der Waals surface area contributed by atoms with Gasteiger partial charge in [0.1, 0.15) is 11.9 Å². The van der Waals surface area contributed by atoms with Crippen LogP contribution in [0, 0.1) is 5.41 Å². The number of nitrogens with one attached hydrogen (secondary N) is 5. The van der Waals surface area contributed by atoms with Crippen molar-refractivity contribution < 1.29 is 27.9 Å². The first-order chi connectivity index (χ1) is 15.5. The monoisotopic (exact) mass is 481 g/mol. The van der Waals surface area contributed by atoms with Crippen LogP contribution in [0.15, 0.2) is 18.2 Å².